The topological polar surface area (TPSA) is 87.7 Å². The molecule has 180 valence electrons. The molecule has 4 fully saturated rings. The molecule has 0 aliphatic heterocycles. The minimum Gasteiger partial charge on any atom is -0.385 e. The van der Waals surface area contributed by atoms with Gasteiger partial charge in [0.1, 0.15) is 0 Å². The van der Waals surface area contributed by atoms with Crippen LogP contribution >= 0.6 is 0 Å². The summed E-state index contributed by atoms with van der Waals surface area (Å²) in [4.78, 5) is 39.2. The number of hydrogen-bond acceptors (Lipinski definition) is 4. The number of ether oxygens (including phenoxy) is 1. The van der Waals surface area contributed by atoms with Crippen LogP contribution < -0.4 is 10.6 Å². The molecule has 7 heteroatoms. The number of carbonyl (C=O) groups excluding carboxylic acids is 3. The molecule has 4 aliphatic rings. The Balaban J connectivity index is 1.25. The number of likely N-dealkylation sites (N-methyl/N-ethyl adjacent to an activating group) is 1. The van der Waals surface area contributed by atoms with Crippen LogP contribution in [0.5, 0.6) is 0 Å². The van der Waals surface area contributed by atoms with Gasteiger partial charge in [-0.05, 0) is 80.4 Å². The molecular formula is C26H37N3O4. The van der Waals surface area contributed by atoms with Gasteiger partial charge in [0, 0.05) is 44.8 Å². The average Bonchev–Trinajstić information content (AvgIpc) is 2.79. The van der Waals surface area contributed by atoms with Crippen molar-refractivity contribution in [3.63, 3.8) is 0 Å². The summed E-state index contributed by atoms with van der Waals surface area (Å²) < 4.78 is 4.96. The van der Waals surface area contributed by atoms with Crippen LogP contribution in [0.3, 0.4) is 0 Å². The van der Waals surface area contributed by atoms with Crippen LogP contribution in [0.1, 0.15) is 60.9 Å². The van der Waals surface area contributed by atoms with Gasteiger partial charge in [-0.2, -0.15) is 0 Å². The molecule has 5 rings (SSSR count). The lowest BCUT2D eigenvalue weighted by molar-refractivity contribution is -0.146. The van der Waals surface area contributed by atoms with Crippen LogP contribution in [0.15, 0.2) is 24.3 Å². The van der Waals surface area contributed by atoms with Crippen molar-refractivity contribution >= 4 is 17.7 Å². The Bertz CT molecular complexity index is 832. The third-order valence-corrected chi connectivity index (χ3v) is 7.75. The maximum Gasteiger partial charge on any atom is 0.254 e. The second-order valence-electron chi connectivity index (χ2n) is 10.4. The maximum absolute atomic E-state index is 13.1. The Labute approximate surface area is 196 Å². The maximum atomic E-state index is 13.1. The lowest BCUT2D eigenvalue weighted by atomic mass is 9.49. The summed E-state index contributed by atoms with van der Waals surface area (Å²) in [6, 6.07) is 7.29. The van der Waals surface area contributed by atoms with E-state index in [-0.39, 0.29) is 29.7 Å². The van der Waals surface area contributed by atoms with E-state index in [1.165, 1.54) is 24.2 Å². The summed E-state index contributed by atoms with van der Waals surface area (Å²) in [5, 5.41) is 5.97. The highest BCUT2D eigenvalue weighted by Gasteiger charge is 2.54. The van der Waals surface area contributed by atoms with Crippen LogP contribution in [0.25, 0.3) is 0 Å². The summed E-state index contributed by atoms with van der Waals surface area (Å²) in [6.07, 6.45) is 7.89. The molecule has 0 unspecified atom stereocenters. The standard InChI is InChI=1S/C26H37N3O4/c1-29(17-23(30)27-8-3-9-33-2)24(31)22-6-4-18(5-7-22)16-28-25(32)26-13-19-10-20(14-26)12-21(11-19)15-26/h4-7,19-21H,3,8-17H2,1-2H3,(H,27,30)(H,28,32). The van der Waals surface area contributed by atoms with E-state index in [1.807, 2.05) is 12.1 Å². The monoisotopic (exact) mass is 455 g/mol. The van der Waals surface area contributed by atoms with E-state index < -0.39 is 0 Å². The van der Waals surface area contributed by atoms with Crippen molar-refractivity contribution in [1.29, 1.82) is 0 Å². The highest BCUT2D eigenvalue weighted by atomic mass is 16.5. The van der Waals surface area contributed by atoms with E-state index in [1.54, 1.807) is 26.3 Å². The zero-order valence-corrected chi connectivity index (χ0v) is 19.9. The van der Waals surface area contributed by atoms with Gasteiger partial charge in [-0.3, -0.25) is 14.4 Å². The Kier molecular flexibility index (Phi) is 7.37. The molecule has 1 aromatic carbocycles. The number of carbonyl (C=O) groups is 3. The van der Waals surface area contributed by atoms with Gasteiger partial charge in [0.15, 0.2) is 0 Å². The molecular weight excluding hydrogens is 418 g/mol. The van der Waals surface area contributed by atoms with Gasteiger partial charge in [-0.25, -0.2) is 0 Å². The molecule has 3 amide bonds. The number of benzene rings is 1. The first-order valence-corrected chi connectivity index (χ1v) is 12.3. The van der Waals surface area contributed by atoms with E-state index in [2.05, 4.69) is 10.6 Å². The highest BCUT2D eigenvalue weighted by molar-refractivity contribution is 5.96. The predicted octanol–water partition coefficient (Wildman–Crippen LogP) is 2.74. The third-order valence-electron chi connectivity index (χ3n) is 7.75. The van der Waals surface area contributed by atoms with Crippen LogP contribution in [0.2, 0.25) is 0 Å². The Morgan fingerprint density at radius 1 is 1.00 bits per heavy atom. The Morgan fingerprint density at radius 3 is 2.18 bits per heavy atom. The summed E-state index contributed by atoms with van der Waals surface area (Å²) in [5.41, 5.74) is 1.36. The Hall–Kier alpha value is -2.41. The SMILES string of the molecule is COCCCNC(=O)CN(C)C(=O)c1ccc(CNC(=O)C23CC4CC(CC(C4)C2)C3)cc1. The fourth-order valence-corrected chi connectivity index (χ4v) is 6.53. The number of amides is 3. The average molecular weight is 456 g/mol. The first-order chi connectivity index (χ1) is 15.9. The minimum absolute atomic E-state index is 0.00862. The zero-order valence-electron chi connectivity index (χ0n) is 19.9. The molecule has 4 saturated carbocycles. The van der Waals surface area contributed by atoms with Crippen molar-refractivity contribution in [3.05, 3.63) is 35.4 Å². The molecule has 0 radical (unpaired) electrons. The lowest BCUT2D eigenvalue weighted by Gasteiger charge is -2.55. The van der Waals surface area contributed by atoms with Crippen molar-refractivity contribution in [2.45, 2.75) is 51.5 Å². The molecule has 0 spiro atoms. The molecule has 0 aromatic heterocycles. The number of methoxy groups -OCH3 is 1. The summed E-state index contributed by atoms with van der Waals surface area (Å²) in [6.45, 7) is 1.60. The van der Waals surface area contributed by atoms with E-state index in [0.29, 0.717) is 25.3 Å². The van der Waals surface area contributed by atoms with Gasteiger partial charge >= 0.3 is 0 Å². The summed E-state index contributed by atoms with van der Waals surface area (Å²) in [5.74, 6) is 2.07. The normalized spacial score (nSPS) is 27.3. The molecule has 7 nitrogen and oxygen atoms in total. The van der Waals surface area contributed by atoms with Crippen LogP contribution in [-0.4, -0.2) is 56.5 Å². The predicted molar refractivity (Wildman–Crippen MR) is 125 cm³/mol. The fraction of sp³-hybridized carbons (Fsp3) is 0.654. The van der Waals surface area contributed by atoms with E-state index >= 15 is 0 Å². The number of rotatable bonds is 10. The first-order valence-electron chi connectivity index (χ1n) is 12.3. The molecule has 0 atom stereocenters. The van der Waals surface area contributed by atoms with Crippen molar-refractivity contribution in [1.82, 2.24) is 15.5 Å². The second kappa shape index (κ2) is 10.2. The first kappa shape index (κ1) is 23.7. The van der Waals surface area contributed by atoms with E-state index in [0.717, 1.165) is 49.0 Å². The van der Waals surface area contributed by atoms with E-state index in [9.17, 15) is 14.4 Å². The minimum atomic E-state index is -0.203. The van der Waals surface area contributed by atoms with Gasteiger partial charge in [-0.1, -0.05) is 12.1 Å². The molecule has 33 heavy (non-hydrogen) atoms. The molecule has 0 heterocycles. The number of nitrogens with one attached hydrogen (secondary N) is 2. The summed E-state index contributed by atoms with van der Waals surface area (Å²) >= 11 is 0. The van der Waals surface area contributed by atoms with Gasteiger partial charge in [-0.15, -0.1) is 0 Å². The number of nitrogens with zero attached hydrogens (tertiary/aromatic N) is 1. The van der Waals surface area contributed by atoms with Crippen molar-refractivity contribution in [2.24, 2.45) is 23.2 Å². The van der Waals surface area contributed by atoms with Crippen LogP contribution in [0.4, 0.5) is 0 Å². The summed E-state index contributed by atoms with van der Waals surface area (Å²) in [7, 11) is 3.24. The fourth-order valence-electron chi connectivity index (χ4n) is 6.53. The van der Waals surface area contributed by atoms with E-state index in [4.69, 9.17) is 4.74 Å². The van der Waals surface area contributed by atoms with Crippen molar-refractivity contribution in [3.8, 4) is 0 Å². The van der Waals surface area contributed by atoms with Crippen LogP contribution in [0, 0.1) is 23.2 Å². The smallest absolute Gasteiger partial charge is 0.254 e. The molecule has 2 N–H and O–H groups in total. The van der Waals surface area contributed by atoms with Crippen molar-refractivity contribution < 1.29 is 19.1 Å². The van der Waals surface area contributed by atoms with Crippen LogP contribution in [-0.2, 0) is 20.9 Å². The molecule has 1 aromatic rings. The Morgan fingerprint density at radius 2 is 1.61 bits per heavy atom. The lowest BCUT2D eigenvalue weighted by Crippen LogP contribution is -2.53. The largest absolute Gasteiger partial charge is 0.385 e. The number of hydrogen-bond donors (Lipinski definition) is 2. The molecule has 4 bridgehead atoms. The van der Waals surface area contributed by atoms with Crippen molar-refractivity contribution in [2.75, 3.05) is 33.9 Å². The molecule has 0 saturated heterocycles. The zero-order chi connectivity index (χ0) is 23.4. The van der Waals surface area contributed by atoms with Gasteiger partial charge in [0.25, 0.3) is 5.91 Å². The highest BCUT2D eigenvalue weighted by Crippen LogP contribution is 2.60. The molecule has 4 aliphatic carbocycles. The van der Waals surface area contributed by atoms with Gasteiger partial charge in [0.05, 0.1) is 6.54 Å². The van der Waals surface area contributed by atoms with Gasteiger partial charge in [0.2, 0.25) is 11.8 Å². The quantitative estimate of drug-likeness (QED) is 0.531. The van der Waals surface area contributed by atoms with Gasteiger partial charge < -0.3 is 20.3 Å². The third kappa shape index (κ3) is 5.57. The second-order valence-corrected chi connectivity index (χ2v) is 10.4.